The molecule has 1 aliphatic heterocycles. The van der Waals surface area contributed by atoms with E-state index >= 15 is 0 Å². The van der Waals surface area contributed by atoms with Crippen molar-refractivity contribution in [3.05, 3.63) is 11.5 Å². The van der Waals surface area contributed by atoms with Crippen LogP contribution in [0.15, 0.2) is 11.5 Å². The minimum atomic E-state index is 0.438. The number of hydrogen-bond acceptors (Lipinski definition) is 1. The number of rotatable bonds is 0. The van der Waals surface area contributed by atoms with Crippen molar-refractivity contribution in [2.75, 3.05) is 5.75 Å². The van der Waals surface area contributed by atoms with Crippen LogP contribution in [0.3, 0.4) is 0 Å². The summed E-state index contributed by atoms with van der Waals surface area (Å²) >= 11 is 3.04. The molecule has 0 aromatic rings. The van der Waals surface area contributed by atoms with Crippen LogP contribution in [0.25, 0.3) is 0 Å². The Morgan fingerprint density at radius 3 is 2.83 bits per heavy atom. The molecule has 1 atom stereocenters. The van der Waals surface area contributed by atoms with Gasteiger partial charge in [0.05, 0.1) is 0 Å². The van der Waals surface area contributed by atoms with Crippen LogP contribution in [0, 0.1) is 0 Å². The van der Waals surface area contributed by atoms with Crippen LogP contribution in [0.5, 0.6) is 0 Å². The topological polar surface area (TPSA) is 0 Å². The first-order valence-electron chi connectivity index (χ1n) is 1.60. The third kappa shape index (κ3) is 1.23. The molecule has 34 valence electrons. The van der Waals surface area contributed by atoms with E-state index in [4.69, 9.17) is 0 Å². The fraction of sp³-hybridized carbons (Fsp3) is 0.333. The third-order valence-corrected chi connectivity index (χ3v) is 5.42. The minimum absolute atomic E-state index is 0.438. The van der Waals surface area contributed by atoms with Gasteiger partial charge in [-0.05, 0) is 0 Å². The zero-order valence-electron chi connectivity index (χ0n) is 3.09. The summed E-state index contributed by atoms with van der Waals surface area (Å²) < 4.78 is 0. The van der Waals surface area contributed by atoms with Gasteiger partial charge in [-0.25, -0.2) is 0 Å². The summed E-state index contributed by atoms with van der Waals surface area (Å²) in [5, 5.41) is 2.21. The normalized spacial score (nSPS) is 31.7. The van der Waals surface area contributed by atoms with Gasteiger partial charge >= 0.3 is 50.3 Å². The summed E-state index contributed by atoms with van der Waals surface area (Å²) in [5.74, 6) is 1.20. The molecule has 0 aromatic carbocycles. The molecule has 1 rings (SSSR count). The molecule has 1 unspecified atom stereocenters. The van der Waals surface area contributed by atoms with Gasteiger partial charge in [0.2, 0.25) is 0 Å². The van der Waals surface area contributed by atoms with Crippen LogP contribution >= 0.6 is 18.6 Å². The van der Waals surface area contributed by atoms with Crippen LogP contribution in [-0.2, 0) is 0 Å². The van der Waals surface area contributed by atoms with Crippen molar-refractivity contribution in [2.24, 2.45) is 0 Å². The first-order valence-corrected chi connectivity index (χ1v) is 6.41. The van der Waals surface area contributed by atoms with Crippen molar-refractivity contribution < 1.29 is 0 Å². The van der Waals surface area contributed by atoms with Crippen LogP contribution in [0.2, 0.25) is 0 Å². The Morgan fingerprint density at radius 1 is 1.83 bits per heavy atom. The van der Waals surface area contributed by atoms with E-state index in [0.29, 0.717) is 7.85 Å². The Kier molecular flexibility index (Phi) is 1.97. The molecular weight excluding hydrogens is 179 g/mol. The van der Waals surface area contributed by atoms with E-state index in [9.17, 15) is 0 Å². The maximum absolute atomic E-state index is 3.04. The Hall–Kier alpha value is 0.959. The third-order valence-electron chi connectivity index (χ3n) is 0.488. The number of hydrogen-bond donors (Lipinski definition) is 0. The first kappa shape index (κ1) is 5.10. The van der Waals surface area contributed by atoms with E-state index in [1.165, 1.54) is 5.75 Å². The average molecular weight is 183 g/mol. The molecule has 0 fully saturated rings. The molecule has 0 amide bonds. The van der Waals surface area contributed by atoms with Gasteiger partial charge in [0.15, 0.2) is 0 Å². The molecule has 1 aliphatic rings. The zero-order chi connectivity index (χ0) is 4.41. The van der Waals surface area contributed by atoms with E-state index < -0.39 is 0 Å². The van der Waals surface area contributed by atoms with E-state index in [2.05, 4.69) is 25.9 Å². The second-order valence-corrected chi connectivity index (χ2v) is 7.75. The summed E-state index contributed by atoms with van der Waals surface area (Å²) in [5.41, 5.74) is 0. The Bertz CT molecular complexity index is 97.0. The summed E-state index contributed by atoms with van der Waals surface area (Å²) in [7, 11) is 2.40. The van der Waals surface area contributed by atoms with Gasteiger partial charge in [0, 0.05) is 0 Å². The fourth-order valence-electron chi connectivity index (χ4n) is 0.263. The first-order chi connectivity index (χ1) is 2.89. The quantitative estimate of drug-likeness (QED) is 0.405. The Balaban J connectivity index is 2.59. The predicted octanol–water partition coefficient (Wildman–Crippen LogP) is 1.51. The summed E-state index contributed by atoms with van der Waals surface area (Å²) in [4.78, 5) is 0. The molecule has 0 nitrogen and oxygen atoms in total. The average Bonchev–Trinajstić information content (AvgIpc) is 1.86. The molecule has 6 heavy (non-hydrogen) atoms. The molecule has 0 aromatic heterocycles. The van der Waals surface area contributed by atoms with E-state index in [1.54, 1.807) is 0 Å². The van der Waals surface area contributed by atoms with Crippen LogP contribution < -0.4 is 0 Å². The molecule has 3 heteroatoms. The summed E-state index contributed by atoms with van der Waals surface area (Å²) in [6.45, 7) is 0. The SMILES string of the molecule is [Se]=S1C=CCS1. The van der Waals surface area contributed by atoms with Crippen molar-refractivity contribution in [1.82, 2.24) is 0 Å². The zero-order valence-corrected chi connectivity index (χ0v) is 6.43. The van der Waals surface area contributed by atoms with Crippen LogP contribution in [-0.4, -0.2) is 20.1 Å². The van der Waals surface area contributed by atoms with Crippen molar-refractivity contribution in [2.45, 2.75) is 0 Å². The van der Waals surface area contributed by atoms with Gasteiger partial charge in [-0.15, -0.1) is 0 Å². The van der Waals surface area contributed by atoms with Gasteiger partial charge in [-0.1, -0.05) is 0 Å². The predicted molar refractivity (Wildman–Crippen MR) is 34.9 cm³/mol. The molecular formula is C3H4S2Se. The Morgan fingerprint density at radius 2 is 2.67 bits per heavy atom. The van der Waals surface area contributed by atoms with Gasteiger partial charge in [-0.2, -0.15) is 0 Å². The summed E-state index contributed by atoms with van der Waals surface area (Å²) in [6, 6.07) is 0. The Labute approximate surface area is 50.4 Å². The monoisotopic (exact) mass is 184 g/mol. The summed E-state index contributed by atoms with van der Waals surface area (Å²) in [6.07, 6.45) is 2.20. The van der Waals surface area contributed by atoms with Crippen LogP contribution in [0.1, 0.15) is 0 Å². The molecule has 0 aliphatic carbocycles. The molecule has 0 spiro atoms. The van der Waals surface area contributed by atoms with Crippen LogP contribution in [0.4, 0.5) is 0 Å². The molecule has 0 saturated heterocycles. The molecule has 1 heterocycles. The van der Waals surface area contributed by atoms with Crippen molar-refractivity contribution >= 4 is 33.0 Å². The van der Waals surface area contributed by atoms with Gasteiger partial charge in [0.25, 0.3) is 0 Å². The molecule has 0 bridgehead atoms. The second kappa shape index (κ2) is 2.31. The van der Waals surface area contributed by atoms with Gasteiger partial charge in [0.1, 0.15) is 0 Å². The van der Waals surface area contributed by atoms with E-state index in [-0.39, 0.29) is 0 Å². The van der Waals surface area contributed by atoms with Crippen molar-refractivity contribution in [3.63, 3.8) is 0 Å². The van der Waals surface area contributed by atoms with E-state index in [1.807, 2.05) is 10.8 Å². The van der Waals surface area contributed by atoms with Crippen molar-refractivity contribution in [3.8, 4) is 0 Å². The maximum atomic E-state index is 3.04. The molecule has 0 saturated carbocycles. The van der Waals surface area contributed by atoms with Gasteiger partial charge < -0.3 is 0 Å². The standard InChI is InChI=1S/C3H4S2Se/c6-5-3-1-2-4-5/h1,3H,2H2. The van der Waals surface area contributed by atoms with E-state index in [0.717, 1.165) is 0 Å². The fourth-order valence-corrected chi connectivity index (χ4v) is 3.68. The van der Waals surface area contributed by atoms with Gasteiger partial charge in [-0.3, -0.25) is 0 Å². The molecule has 0 radical (unpaired) electrons. The van der Waals surface area contributed by atoms with Crippen molar-refractivity contribution in [1.29, 1.82) is 0 Å². The second-order valence-electron chi connectivity index (χ2n) is 0.917. The molecule has 0 N–H and O–H groups in total.